The first-order valence-corrected chi connectivity index (χ1v) is 9.71. The van der Waals surface area contributed by atoms with Crippen LogP contribution in [-0.2, 0) is 12.4 Å². The molecule has 0 atom stereocenters. The molecular formula is C19H14ClN5O2S. The first kappa shape index (κ1) is 18.4. The highest BCUT2D eigenvalue weighted by molar-refractivity contribution is 7.98. The van der Waals surface area contributed by atoms with Crippen LogP contribution in [-0.4, -0.2) is 24.5 Å². The van der Waals surface area contributed by atoms with E-state index in [1.54, 1.807) is 48.5 Å². The minimum absolute atomic E-state index is 0.159. The molecule has 140 valence electrons. The largest absolute Gasteiger partial charge is 0.283 e. The first-order valence-electron chi connectivity index (χ1n) is 8.35. The van der Waals surface area contributed by atoms with E-state index in [4.69, 9.17) is 11.6 Å². The monoisotopic (exact) mass is 411 g/mol. The molecule has 0 bridgehead atoms. The summed E-state index contributed by atoms with van der Waals surface area (Å²) < 4.78 is 2.76. The average molecular weight is 412 g/mol. The van der Waals surface area contributed by atoms with E-state index in [1.165, 1.54) is 21.0 Å². The smallest absolute Gasteiger partial charge is 0.278 e. The van der Waals surface area contributed by atoms with Gasteiger partial charge in [-0.05, 0) is 30.3 Å². The third-order valence-corrected chi connectivity index (χ3v) is 5.32. The van der Waals surface area contributed by atoms with Crippen molar-refractivity contribution in [1.82, 2.24) is 24.5 Å². The molecule has 7 nitrogen and oxygen atoms in total. The number of hydrogen-bond donors (Lipinski definition) is 0. The number of thioether (sulfide) groups is 1. The lowest BCUT2D eigenvalue weighted by Crippen LogP contribution is -2.25. The highest BCUT2D eigenvalue weighted by atomic mass is 35.5. The minimum Gasteiger partial charge on any atom is -0.283 e. The highest BCUT2D eigenvalue weighted by Crippen LogP contribution is 2.21. The van der Waals surface area contributed by atoms with E-state index >= 15 is 0 Å². The number of allylic oxidation sites excluding steroid dienone is 1. The van der Waals surface area contributed by atoms with Gasteiger partial charge in [-0.25, -0.2) is 4.98 Å². The standard InChI is InChI=1S/C19H14ClN5O2S/c1-2-9-24-17(26)14-8-7-12(20)10-16(14)21-19(24)28-11-25-18(27)13-5-3-4-6-15(13)22-23-25/h2-8,10H,1,9,11H2. The van der Waals surface area contributed by atoms with Gasteiger partial charge in [0, 0.05) is 11.6 Å². The average Bonchev–Trinajstić information content (AvgIpc) is 2.70. The predicted octanol–water partition coefficient (Wildman–Crippen LogP) is 3.09. The van der Waals surface area contributed by atoms with Gasteiger partial charge in [0.2, 0.25) is 0 Å². The Morgan fingerprint density at radius 1 is 1.07 bits per heavy atom. The van der Waals surface area contributed by atoms with Crippen LogP contribution >= 0.6 is 23.4 Å². The van der Waals surface area contributed by atoms with Crippen LogP contribution in [0.3, 0.4) is 0 Å². The van der Waals surface area contributed by atoms with Crippen LogP contribution in [0.5, 0.6) is 0 Å². The van der Waals surface area contributed by atoms with E-state index in [0.29, 0.717) is 38.5 Å². The Hall–Kier alpha value is -2.97. The van der Waals surface area contributed by atoms with Gasteiger partial charge in [-0.3, -0.25) is 14.2 Å². The third kappa shape index (κ3) is 3.32. The molecule has 0 aliphatic rings. The van der Waals surface area contributed by atoms with Gasteiger partial charge >= 0.3 is 0 Å². The van der Waals surface area contributed by atoms with E-state index in [1.807, 2.05) is 0 Å². The van der Waals surface area contributed by atoms with Crippen LogP contribution in [0.15, 0.2) is 69.9 Å². The summed E-state index contributed by atoms with van der Waals surface area (Å²) in [6, 6.07) is 12.0. The first-order chi connectivity index (χ1) is 13.6. The molecule has 0 N–H and O–H groups in total. The Morgan fingerprint density at radius 3 is 2.68 bits per heavy atom. The molecule has 9 heteroatoms. The van der Waals surface area contributed by atoms with Crippen molar-refractivity contribution in [3.8, 4) is 0 Å². The Balaban J connectivity index is 1.76. The summed E-state index contributed by atoms with van der Waals surface area (Å²) >= 11 is 7.26. The number of rotatable bonds is 5. The fourth-order valence-corrected chi connectivity index (χ4v) is 3.85. The number of aromatic nitrogens is 5. The van der Waals surface area contributed by atoms with Gasteiger partial charge in [-0.15, -0.1) is 11.7 Å². The van der Waals surface area contributed by atoms with E-state index in [2.05, 4.69) is 21.9 Å². The topological polar surface area (TPSA) is 82.7 Å². The maximum atomic E-state index is 12.8. The van der Waals surface area contributed by atoms with Crippen molar-refractivity contribution in [2.24, 2.45) is 0 Å². The summed E-state index contributed by atoms with van der Waals surface area (Å²) in [5.74, 6) is 0.159. The van der Waals surface area contributed by atoms with Crippen molar-refractivity contribution < 1.29 is 0 Å². The Morgan fingerprint density at radius 2 is 1.86 bits per heavy atom. The zero-order chi connectivity index (χ0) is 19.7. The van der Waals surface area contributed by atoms with Gasteiger partial charge in [-0.1, -0.05) is 46.8 Å². The predicted molar refractivity (Wildman–Crippen MR) is 111 cm³/mol. The van der Waals surface area contributed by atoms with Gasteiger partial charge in [0.25, 0.3) is 11.1 Å². The molecule has 0 radical (unpaired) electrons. The fraction of sp³-hybridized carbons (Fsp3) is 0.105. The van der Waals surface area contributed by atoms with Crippen LogP contribution in [0.4, 0.5) is 0 Å². The van der Waals surface area contributed by atoms with Crippen LogP contribution in [0, 0.1) is 0 Å². The number of nitrogens with zero attached hydrogens (tertiary/aromatic N) is 5. The zero-order valence-electron chi connectivity index (χ0n) is 14.6. The molecule has 0 fully saturated rings. The molecule has 0 saturated heterocycles. The maximum Gasteiger partial charge on any atom is 0.278 e. The van der Waals surface area contributed by atoms with E-state index in [-0.39, 0.29) is 17.0 Å². The minimum atomic E-state index is -0.250. The van der Waals surface area contributed by atoms with Gasteiger partial charge in [-0.2, -0.15) is 4.68 Å². The molecule has 2 aromatic carbocycles. The van der Waals surface area contributed by atoms with Crippen molar-refractivity contribution in [3.63, 3.8) is 0 Å². The van der Waals surface area contributed by atoms with Gasteiger partial charge < -0.3 is 0 Å². The maximum absolute atomic E-state index is 12.8. The molecule has 2 aromatic heterocycles. The molecule has 0 amide bonds. The molecule has 28 heavy (non-hydrogen) atoms. The molecule has 4 aromatic rings. The molecular weight excluding hydrogens is 398 g/mol. The number of benzene rings is 2. The van der Waals surface area contributed by atoms with E-state index in [9.17, 15) is 9.59 Å². The molecule has 4 rings (SSSR count). The SMILES string of the molecule is C=CCn1c(SCn2nnc3ccccc3c2=O)nc2cc(Cl)ccc2c1=O. The van der Waals surface area contributed by atoms with Crippen molar-refractivity contribution in [2.75, 3.05) is 0 Å². The van der Waals surface area contributed by atoms with Crippen LogP contribution in [0.1, 0.15) is 0 Å². The van der Waals surface area contributed by atoms with Gasteiger partial charge in [0.1, 0.15) is 5.52 Å². The molecule has 0 saturated carbocycles. The summed E-state index contributed by atoms with van der Waals surface area (Å²) in [6.45, 7) is 4.00. The fourth-order valence-electron chi connectivity index (χ4n) is 2.80. The number of fused-ring (bicyclic) bond motifs is 2. The Labute approximate surface area is 168 Å². The highest BCUT2D eigenvalue weighted by Gasteiger charge is 2.13. The second-order valence-corrected chi connectivity index (χ2v) is 7.29. The van der Waals surface area contributed by atoms with Gasteiger partial charge in [0.15, 0.2) is 5.16 Å². The molecule has 0 aliphatic heterocycles. The van der Waals surface area contributed by atoms with Crippen LogP contribution in [0.25, 0.3) is 21.8 Å². The van der Waals surface area contributed by atoms with Crippen LogP contribution < -0.4 is 11.1 Å². The Kier molecular flexibility index (Phi) is 4.97. The van der Waals surface area contributed by atoms with Crippen molar-refractivity contribution >= 4 is 45.2 Å². The zero-order valence-corrected chi connectivity index (χ0v) is 16.2. The lowest BCUT2D eigenvalue weighted by Gasteiger charge is -2.12. The summed E-state index contributed by atoms with van der Waals surface area (Å²) in [6.07, 6.45) is 1.62. The number of halogens is 1. The number of hydrogen-bond acceptors (Lipinski definition) is 6. The lowest BCUT2D eigenvalue weighted by molar-refractivity contribution is 0.633. The summed E-state index contributed by atoms with van der Waals surface area (Å²) in [5, 5.41) is 9.94. The molecule has 0 unspecified atom stereocenters. The van der Waals surface area contributed by atoms with Crippen LogP contribution in [0.2, 0.25) is 5.02 Å². The third-order valence-electron chi connectivity index (χ3n) is 4.14. The van der Waals surface area contributed by atoms with E-state index < -0.39 is 0 Å². The Bertz CT molecular complexity index is 1330. The van der Waals surface area contributed by atoms with Crippen molar-refractivity contribution in [2.45, 2.75) is 17.6 Å². The normalized spacial score (nSPS) is 11.2. The van der Waals surface area contributed by atoms with Crippen molar-refractivity contribution in [1.29, 1.82) is 0 Å². The van der Waals surface area contributed by atoms with Crippen molar-refractivity contribution in [3.05, 3.63) is 80.8 Å². The summed E-state index contributed by atoms with van der Waals surface area (Å²) in [7, 11) is 0. The summed E-state index contributed by atoms with van der Waals surface area (Å²) in [4.78, 5) is 30.0. The quantitative estimate of drug-likeness (QED) is 0.285. The molecule has 2 heterocycles. The van der Waals surface area contributed by atoms with Gasteiger partial charge in [0.05, 0.1) is 22.2 Å². The second kappa shape index (κ2) is 7.57. The lowest BCUT2D eigenvalue weighted by atomic mass is 10.2. The summed E-state index contributed by atoms with van der Waals surface area (Å²) in [5.41, 5.74) is 0.591. The van der Waals surface area contributed by atoms with E-state index in [0.717, 1.165) is 0 Å². The molecule has 0 spiro atoms. The second-order valence-electron chi connectivity index (χ2n) is 5.94. The molecule has 0 aliphatic carbocycles.